The first kappa shape index (κ1) is 14.7. The van der Waals surface area contributed by atoms with E-state index in [2.05, 4.69) is 14.7 Å². The van der Waals surface area contributed by atoms with Gasteiger partial charge in [-0.25, -0.2) is 14.4 Å². The van der Waals surface area contributed by atoms with E-state index in [4.69, 9.17) is 0 Å². The summed E-state index contributed by atoms with van der Waals surface area (Å²) in [5.74, 6) is -0.393. The van der Waals surface area contributed by atoms with Gasteiger partial charge >= 0.3 is 0 Å². The van der Waals surface area contributed by atoms with Gasteiger partial charge in [-0.1, -0.05) is 0 Å². The van der Waals surface area contributed by atoms with Crippen molar-refractivity contribution in [2.24, 2.45) is 0 Å². The van der Waals surface area contributed by atoms with E-state index in [1.54, 1.807) is 18.5 Å². The number of nitrogens with zero attached hydrogens (tertiary/aromatic N) is 3. The first-order valence-corrected chi connectivity index (χ1v) is 8.55. The highest BCUT2D eigenvalue weighted by Gasteiger charge is 2.21. The molecule has 0 aliphatic heterocycles. The molecule has 9 heteroatoms. The molecule has 22 heavy (non-hydrogen) atoms. The van der Waals surface area contributed by atoms with Gasteiger partial charge in [0.25, 0.3) is 10.0 Å². The van der Waals surface area contributed by atoms with Crippen LogP contribution >= 0.6 is 11.3 Å². The molecule has 114 valence electrons. The minimum absolute atomic E-state index is 0.0376. The number of thiazole rings is 1. The van der Waals surface area contributed by atoms with Crippen LogP contribution in [-0.4, -0.2) is 23.0 Å². The molecule has 0 spiro atoms. The number of imidazole rings is 1. The average molecular weight is 338 g/mol. The van der Waals surface area contributed by atoms with Gasteiger partial charge in [-0.05, 0) is 30.7 Å². The van der Waals surface area contributed by atoms with Gasteiger partial charge in [0.2, 0.25) is 0 Å². The number of hydrogen-bond donors (Lipinski definition) is 1. The average Bonchev–Trinajstić information content (AvgIpc) is 3.12. The smallest absolute Gasteiger partial charge is 0.278 e. The quantitative estimate of drug-likeness (QED) is 0.793. The molecular formula is C13H11FN4O2S2. The fourth-order valence-corrected chi connectivity index (χ4v) is 3.69. The number of aromatic nitrogens is 3. The van der Waals surface area contributed by atoms with Gasteiger partial charge in [0.1, 0.15) is 12.1 Å². The topological polar surface area (TPSA) is 76.9 Å². The molecule has 0 aliphatic carbocycles. The van der Waals surface area contributed by atoms with E-state index in [0.717, 1.165) is 0 Å². The third-order valence-corrected chi connectivity index (χ3v) is 5.04. The Morgan fingerprint density at radius 1 is 1.36 bits per heavy atom. The van der Waals surface area contributed by atoms with Crippen molar-refractivity contribution in [3.63, 3.8) is 0 Å². The minimum Gasteiger partial charge on any atom is -0.278 e. The summed E-state index contributed by atoms with van der Waals surface area (Å²) < 4.78 is 42.0. The summed E-state index contributed by atoms with van der Waals surface area (Å²) in [6.07, 6.45) is 4.19. The summed E-state index contributed by atoms with van der Waals surface area (Å²) in [7, 11) is -3.86. The van der Waals surface area contributed by atoms with Gasteiger partial charge in [-0.2, -0.15) is 8.42 Å². The molecule has 6 nitrogen and oxygen atoms in total. The highest BCUT2D eigenvalue weighted by molar-refractivity contribution is 7.92. The predicted octanol–water partition coefficient (Wildman–Crippen LogP) is 2.58. The van der Waals surface area contributed by atoms with Crippen molar-refractivity contribution in [3.05, 3.63) is 53.7 Å². The molecule has 2 aromatic heterocycles. The summed E-state index contributed by atoms with van der Waals surface area (Å²) in [4.78, 5) is 7.93. The number of rotatable bonds is 4. The predicted molar refractivity (Wildman–Crippen MR) is 81.2 cm³/mol. The molecule has 0 radical (unpaired) electrons. The molecule has 0 saturated heterocycles. The van der Waals surface area contributed by atoms with E-state index in [9.17, 15) is 12.8 Å². The van der Waals surface area contributed by atoms with Crippen LogP contribution in [0.3, 0.4) is 0 Å². The van der Waals surface area contributed by atoms with Crippen molar-refractivity contribution in [1.82, 2.24) is 14.5 Å². The van der Waals surface area contributed by atoms with Crippen LogP contribution in [0.5, 0.6) is 0 Å². The molecule has 0 fully saturated rings. The van der Waals surface area contributed by atoms with Crippen molar-refractivity contribution in [3.8, 4) is 5.13 Å². The first-order valence-electron chi connectivity index (χ1n) is 6.18. The Balaban J connectivity index is 1.97. The van der Waals surface area contributed by atoms with Gasteiger partial charge in [-0.3, -0.25) is 9.29 Å². The maximum absolute atomic E-state index is 13.3. The second-order valence-corrected chi connectivity index (χ2v) is 6.99. The molecule has 2 heterocycles. The van der Waals surface area contributed by atoms with Crippen molar-refractivity contribution in [2.45, 2.75) is 11.9 Å². The fraction of sp³-hybridized carbons (Fsp3) is 0.0769. The minimum atomic E-state index is -3.86. The van der Waals surface area contributed by atoms with Crippen molar-refractivity contribution in [2.75, 3.05) is 4.72 Å². The van der Waals surface area contributed by atoms with Crippen LogP contribution in [0.1, 0.15) is 5.56 Å². The maximum Gasteiger partial charge on any atom is 0.279 e. The molecule has 0 saturated carbocycles. The molecular weight excluding hydrogens is 327 g/mol. The Kier molecular flexibility index (Phi) is 3.67. The Labute approximate surface area is 130 Å². The highest BCUT2D eigenvalue weighted by atomic mass is 32.2. The summed E-state index contributed by atoms with van der Waals surface area (Å²) in [5.41, 5.74) is 0.638. The van der Waals surface area contributed by atoms with Crippen molar-refractivity contribution < 1.29 is 12.8 Å². The van der Waals surface area contributed by atoms with Crippen LogP contribution in [0.15, 0.2) is 47.3 Å². The molecule has 1 N–H and O–H groups in total. The zero-order valence-corrected chi connectivity index (χ0v) is 13.0. The molecule has 0 aliphatic rings. The van der Waals surface area contributed by atoms with Gasteiger partial charge < -0.3 is 0 Å². The second-order valence-electron chi connectivity index (χ2n) is 4.49. The Morgan fingerprint density at radius 2 is 2.18 bits per heavy atom. The van der Waals surface area contributed by atoms with Crippen LogP contribution in [0.25, 0.3) is 5.13 Å². The van der Waals surface area contributed by atoms with Crippen molar-refractivity contribution >= 4 is 27.0 Å². The number of anilines is 1. The summed E-state index contributed by atoms with van der Waals surface area (Å²) in [6.45, 7) is 1.56. The van der Waals surface area contributed by atoms with E-state index < -0.39 is 15.8 Å². The summed E-state index contributed by atoms with van der Waals surface area (Å²) in [6, 6.07) is 4.01. The van der Waals surface area contributed by atoms with Crippen LogP contribution in [0.4, 0.5) is 10.1 Å². The lowest BCUT2D eigenvalue weighted by Crippen LogP contribution is -2.16. The number of nitrogens with one attached hydrogen (secondary N) is 1. The standard InChI is InChI=1S/C13H11FN4O2S2/c1-9-6-10(2-3-11(9)14)17-22(19,20)12-7-15-8-18(12)13-16-4-5-21-13/h2-8,17H,1H3. The van der Waals surface area contributed by atoms with E-state index in [-0.39, 0.29) is 10.7 Å². The SMILES string of the molecule is Cc1cc(NS(=O)(=O)c2cncn2-c2nccs2)ccc1F. The zero-order chi connectivity index (χ0) is 15.7. The number of aryl methyl sites for hydroxylation is 1. The van der Waals surface area contributed by atoms with Crippen LogP contribution in [0.2, 0.25) is 0 Å². The van der Waals surface area contributed by atoms with Crippen LogP contribution in [0, 0.1) is 12.7 Å². The van der Waals surface area contributed by atoms with E-state index in [1.807, 2.05) is 0 Å². The molecule has 1 aromatic carbocycles. The third-order valence-electron chi connectivity index (χ3n) is 2.92. The second kappa shape index (κ2) is 5.50. The third kappa shape index (κ3) is 2.72. The molecule has 3 rings (SSSR count). The highest BCUT2D eigenvalue weighted by Crippen LogP contribution is 2.21. The summed E-state index contributed by atoms with van der Waals surface area (Å²) in [5, 5.41) is 2.19. The Morgan fingerprint density at radius 3 is 2.86 bits per heavy atom. The first-order chi connectivity index (χ1) is 10.5. The normalized spacial score (nSPS) is 11.5. The van der Waals surface area contributed by atoms with Gasteiger partial charge in [0.15, 0.2) is 10.2 Å². The number of benzene rings is 1. The Bertz CT molecular complexity index is 904. The van der Waals surface area contributed by atoms with Crippen LogP contribution in [-0.2, 0) is 10.0 Å². The largest absolute Gasteiger partial charge is 0.279 e. The number of sulfonamides is 1. The lowest BCUT2D eigenvalue weighted by molar-refractivity contribution is 0.594. The summed E-state index contributed by atoms with van der Waals surface area (Å²) >= 11 is 1.29. The van der Waals surface area contributed by atoms with Crippen LogP contribution < -0.4 is 4.72 Å². The molecule has 3 aromatic rings. The fourth-order valence-electron chi connectivity index (χ4n) is 1.88. The number of hydrogen-bond acceptors (Lipinski definition) is 5. The molecule has 0 unspecified atom stereocenters. The maximum atomic E-state index is 13.3. The van der Waals surface area contributed by atoms with E-state index >= 15 is 0 Å². The van der Waals surface area contributed by atoms with E-state index in [1.165, 1.54) is 46.6 Å². The van der Waals surface area contributed by atoms with Gasteiger partial charge in [0, 0.05) is 17.3 Å². The molecule has 0 atom stereocenters. The lowest BCUT2D eigenvalue weighted by atomic mass is 10.2. The molecule has 0 amide bonds. The zero-order valence-electron chi connectivity index (χ0n) is 11.4. The lowest BCUT2D eigenvalue weighted by Gasteiger charge is -2.10. The van der Waals surface area contributed by atoms with Crippen molar-refractivity contribution in [1.29, 1.82) is 0 Å². The Hall–Kier alpha value is -2.26. The number of halogens is 1. The van der Waals surface area contributed by atoms with Gasteiger partial charge in [0.05, 0.1) is 6.20 Å². The van der Waals surface area contributed by atoms with Gasteiger partial charge in [-0.15, -0.1) is 11.3 Å². The molecule has 0 bridgehead atoms. The monoisotopic (exact) mass is 338 g/mol. The van der Waals surface area contributed by atoms with E-state index in [0.29, 0.717) is 10.7 Å².